The highest BCUT2D eigenvalue weighted by Crippen LogP contribution is 2.25. The smallest absolute Gasteiger partial charge is 0.234 e. The molecule has 1 amide bonds. The van der Waals surface area contributed by atoms with E-state index in [2.05, 4.69) is 49.7 Å². The quantitative estimate of drug-likeness (QED) is 0.346. The van der Waals surface area contributed by atoms with Crippen LogP contribution in [0.15, 0.2) is 58.9 Å². The predicted octanol–water partition coefficient (Wildman–Crippen LogP) is 3.08. The molecule has 0 radical (unpaired) electrons. The van der Waals surface area contributed by atoms with E-state index in [1.807, 2.05) is 19.0 Å². The Kier molecular flexibility index (Phi) is 10.5. The number of morpholine rings is 1. The summed E-state index contributed by atoms with van der Waals surface area (Å²) in [6.07, 6.45) is 0.831. The summed E-state index contributed by atoms with van der Waals surface area (Å²) < 4.78 is 21.1. The number of hydrogen-bond acceptors (Lipinski definition) is 7. The summed E-state index contributed by atoms with van der Waals surface area (Å²) >= 11 is 1.57. The molecule has 0 aliphatic carbocycles. The first-order valence-electron chi connectivity index (χ1n) is 13.0. The summed E-state index contributed by atoms with van der Waals surface area (Å²) in [5.74, 6) is -0.274. The van der Waals surface area contributed by atoms with Crippen molar-refractivity contribution in [3.63, 3.8) is 0 Å². The number of carbonyl (C=O) groups is 1. The van der Waals surface area contributed by atoms with E-state index in [9.17, 15) is 9.18 Å². The molecule has 1 aromatic heterocycles. The van der Waals surface area contributed by atoms with Crippen LogP contribution in [-0.2, 0) is 16.1 Å². The summed E-state index contributed by atoms with van der Waals surface area (Å²) in [5.41, 5.74) is 4.12. The normalized spacial score (nSPS) is 14.3. The zero-order chi connectivity index (χ0) is 26.7. The molecule has 4 rings (SSSR count). The minimum Gasteiger partial charge on any atom is -0.378 e. The molecule has 38 heavy (non-hydrogen) atoms. The number of hydrogen-bond donors (Lipinski definition) is 2. The highest BCUT2D eigenvalue weighted by atomic mass is 32.1. The van der Waals surface area contributed by atoms with Crippen LogP contribution in [0, 0.1) is 5.82 Å². The van der Waals surface area contributed by atoms with Crippen LogP contribution in [0.25, 0.3) is 11.3 Å². The minimum atomic E-state index is -0.277. The topological polar surface area (TPSA) is 74.1 Å². The molecule has 0 saturated carbocycles. The lowest BCUT2D eigenvalue weighted by Gasteiger charge is -2.28. The Hall–Kier alpha value is -3.05. The number of anilines is 1. The number of benzene rings is 2. The number of carbonyl (C=O) groups excluding carboxylic acids is 1. The molecule has 0 bridgehead atoms. The number of nitrogens with zero attached hydrogens (tertiary/aromatic N) is 4. The molecular formula is C28H37FN6O2S. The van der Waals surface area contributed by atoms with Crippen molar-refractivity contribution in [2.45, 2.75) is 13.0 Å². The Morgan fingerprint density at radius 2 is 1.82 bits per heavy atom. The van der Waals surface area contributed by atoms with Gasteiger partial charge in [0.05, 0.1) is 31.1 Å². The molecule has 10 heteroatoms. The fourth-order valence-electron chi connectivity index (χ4n) is 4.20. The summed E-state index contributed by atoms with van der Waals surface area (Å²) in [5, 5.41) is 8.28. The van der Waals surface area contributed by atoms with Gasteiger partial charge < -0.3 is 29.7 Å². The second-order valence-electron chi connectivity index (χ2n) is 9.47. The van der Waals surface area contributed by atoms with Crippen molar-refractivity contribution < 1.29 is 13.9 Å². The lowest BCUT2D eigenvalue weighted by atomic mass is 10.1. The molecule has 1 saturated heterocycles. The maximum Gasteiger partial charge on any atom is 0.234 e. The van der Waals surface area contributed by atoms with Gasteiger partial charge >= 0.3 is 0 Å². The van der Waals surface area contributed by atoms with Crippen molar-refractivity contribution in [2.75, 3.05) is 71.5 Å². The van der Waals surface area contributed by atoms with Crippen molar-refractivity contribution in [1.82, 2.24) is 20.1 Å². The second-order valence-corrected chi connectivity index (χ2v) is 10.3. The van der Waals surface area contributed by atoms with Crippen molar-refractivity contribution in [3.05, 3.63) is 64.5 Å². The highest BCUT2D eigenvalue weighted by Gasteiger charge is 2.13. The molecule has 1 aliphatic rings. The Balaban J connectivity index is 1.44. The van der Waals surface area contributed by atoms with Crippen molar-refractivity contribution in [3.8, 4) is 11.3 Å². The van der Waals surface area contributed by atoms with Gasteiger partial charge in [0.2, 0.25) is 5.91 Å². The SMILES string of the molecule is CN(C)CCNC(=O)CNCCCn1c(-c2ccc(N3CCOCC3)cc2)csc1=Nc1ccc(F)cc1. The zero-order valence-electron chi connectivity index (χ0n) is 22.2. The second kappa shape index (κ2) is 14.2. The van der Waals surface area contributed by atoms with Gasteiger partial charge in [0.15, 0.2) is 4.80 Å². The van der Waals surface area contributed by atoms with Gasteiger partial charge in [-0.2, -0.15) is 0 Å². The lowest BCUT2D eigenvalue weighted by Crippen LogP contribution is -2.37. The maximum atomic E-state index is 13.4. The average Bonchev–Trinajstić information content (AvgIpc) is 3.32. The average molecular weight is 541 g/mol. The van der Waals surface area contributed by atoms with Crippen LogP contribution in [-0.4, -0.2) is 82.0 Å². The molecule has 0 spiro atoms. The zero-order valence-corrected chi connectivity index (χ0v) is 23.0. The Bertz CT molecular complexity index is 1220. The van der Waals surface area contributed by atoms with Gasteiger partial charge in [-0.05, 0) is 69.0 Å². The number of nitrogens with one attached hydrogen (secondary N) is 2. The van der Waals surface area contributed by atoms with Gasteiger partial charge in [-0.1, -0.05) is 12.1 Å². The Morgan fingerprint density at radius 1 is 1.08 bits per heavy atom. The molecule has 1 fully saturated rings. The van der Waals surface area contributed by atoms with E-state index in [4.69, 9.17) is 9.73 Å². The number of aromatic nitrogens is 1. The minimum absolute atomic E-state index is 0.00285. The third-order valence-corrected chi connectivity index (χ3v) is 7.15. The number of rotatable bonds is 12. The van der Waals surface area contributed by atoms with Crippen LogP contribution in [0.2, 0.25) is 0 Å². The Morgan fingerprint density at radius 3 is 2.53 bits per heavy atom. The summed E-state index contributed by atoms with van der Waals surface area (Å²) in [6, 6.07) is 14.9. The molecule has 204 valence electrons. The maximum absolute atomic E-state index is 13.4. The van der Waals surface area contributed by atoms with E-state index in [0.717, 1.165) is 61.9 Å². The fourth-order valence-corrected chi connectivity index (χ4v) is 5.16. The van der Waals surface area contributed by atoms with Crippen LogP contribution in [0.1, 0.15) is 6.42 Å². The molecular weight excluding hydrogens is 503 g/mol. The molecule has 3 aromatic rings. The lowest BCUT2D eigenvalue weighted by molar-refractivity contribution is -0.120. The monoisotopic (exact) mass is 540 g/mol. The number of ether oxygens (including phenoxy) is 1. The Labute approximate surface area is 227 Å². The summed E-state index contributed by atoms with van der Waals surface area (Å²) in [4.78, 5) is 22.1. The van der Waals surface area contributed by atoms with E-state index in [0.29, 0.717) is 25.3 Å². The third-order valence-electron chi connectivity index (χ3n) is 6.29. The van der Waals surface area contributed by atoms with Crippen molar-refractivity contribution >= 4 is 28.6 Å². The molecule has 0 atom stereocenters. The number of thiazole rings is 1. The van der Waals surface area contributed by atoms with E-state index in [1.54, 1.807) is 23.5 Å². The van der Waals surface area contributed by atoms with Gasteiger partial charge in [0, 0.05) is 43.8 Å². The predicted molar refractivity (Wildman–Crippen MR) is 151 cm³/mol. The van der Waals surface area contributed by atoms with Gasteiger partial charge in [-0.15, -0.1) is 11.3 Å². The van der Waals surface area contributed by atoms with E-state index in [-0.39, 0.29) is 11.7 Å². The van der Waals surface area contributed by atoms with Crippen LogP contribution in [0.5, 0.6) is 0 Å². The number of halogens is 1. The third kappa shape index (κ3) is 8.22. The molecule has 2 heterocycles. The van der Waals surface area contributed by atoms with E-state index < -0.39 is 0 Å². The highest BCUT2D eigenvalue weighted by molar-refractivity contribution is 7.07. The molecule has 2 N–H and O–H groups in total. The van der Waals surface area contributed by atoms with Crippen LogP contribution in [0.4, 0.5) is 15.8 Å². The molecule has 8 nitrogen and oxygen atoms in total. The van der Waals surface area contributed by atoms with Gasteiger partial charge in [0.1, 0.15) is 5.82 Å². The van der Waals surface area contributed by atoms with Crippen molar-refractivity contribution in [1.29, 1.82) is 0 Å². The standard InChI is InChI=1S/C28H37FN6O2S/c1-33(2)15-13-31-27(36)20-30-12-3-14-35-26(21-38-28(35)32-24-8-6-23(29)7-9-24)22-4-10-25(11-5-22)34-16-18-37-19-17-34/h4-11,21,30H,3,12-20H2,1-2H3,(H,31,36). The van der Waals surface area contributed by atoms with Gasteiger partial charge in [-0.3, -0.25) is 4.79 Å². The van der Waals surface area contributed by atoms with Gasteiger partial charge in [0.25, 0.3) is 0 Å². The molecule has 1 aliphatic heterocycles. The van der Waals surface area contributed by atoms with Crippen LogP contribution < -0.4 is 20.3 Å². The summed E-state index contributed by atoms with van der Waals surface area (Å²) in [6.45, 7) is 6.51. The summed E-state index contributed by atoms with van der Waals surface area (Å²) in [7, 11) is 3.96. The van der Waals surface area contributed by atoms with Crippen LogP contribution >= 0.6 is 11.3 Å². The molecule has 0 unspecified atom stereocenters. The first-order chi connectivity index (χ1) is 18.5. The largest absolute Gasteiger partial charge is 0.378 e. The van der Waals surface area contributed by atoms with Crippen molar-refractivity contribution in [2.24, 2.45) is 4.99 Å². The van der Waals surface area contributed by atoms with E-state index in [1.165, 1.54) is 17.8 Å². The van der Waals surface area contributed by atoms with Gasteiger partial charge in [-0.25, -0.2) is 9.38 Å². The number of likely N-dealkylation sites (N-methyl/N-ethyl adjacent to an activating group) is 1. The van der Waals surface area contributed by atoms with Crippen LogP contribution in [0.3, 0.4) is 0 Å². The first-order valence-corrected chi connectivity index (χ1v) is 13.9. The fraction of sp³-hybridized carbons (Fsp3) is 0.429. The first kappa shape index (κ1) is 28.0. The number of amides is 1. The van der Waals surface area contributed by atoms with E-state index >= 15 is 0 Å². The molecule has 2 aromatic carbocycles.